The molecule has 112 valence electrons. The summed E-state index contributed by atoms with van der Waals surface area (Å²) in [6.45, 7) is 1.99. The van der Waals surface area contributed by atoms with Crippen molar-refractivity contribution in [1.82, 2.24) is 24.6 Å². The summed E-state index contributed by atoms with van der Waals surface area (Å²) in [5.41, 5.74) is 6.62. The number of nitrogen functional groups attached to an aromatic ring is 1. The Hall–Kier alpha value is -2.31. The van der Waals surface area contributed by atoms with Gasteiger partial charge in [-0.05, 0) is 25.7 Å². The fourth-order valence-electron chi connectivity index (χ4n) is 2.55. The maximum atomic E-state index is 12.3. The van der Waals surface area contributed by atoms with E-state index in [-0.39, 0.29) is 18.5 Å². The van der Waals surface area contributed by atoms with E-state index >= 15 is 0 Å². The third kappa shape index (κ3) is 2.91. The van der Waals surface area contributed by atoms with Crippen molar-refractivity contribution in [3.63, 3.8) is 0 Å². The molecule has 3 N–H and O–H groups in total. The molecule has 2 aromatic heterocycles. The van der Waals surface area contributed by atoms with Gasteiger partial charge >= 0.3 is 0 Å². The lowest BCUT2D eigenvalue weighted by Crippen LogP contribution is -2.34. The Balaban J connectivity index is 1.70. The molecule has 1 aliphatic rings. The summed E-state index contributed by atoms with van der Waals surface area (Å²) in [6, 6.07) is 1.72. The minimum Gasteiger partial charge on any atom is -0.384 e. The number of nitrogens with two attached hydrogens (primary N) is 1. The zero-order chi connectivity index (χ0) is 15.0. The molecule has 21 heavy (non-hydrogen) atoms. The van der Waals surface area contributed by atoms with E-state index in [0.29, 0.717) is 11.7 Å². The van der Waals surface area contributed by atoms with Gasteiger partial charge in [-0.25, -0.2) is 9.67 Å². The van der Waals surface area contributed by atoms with Crippen molar-refractivity contribution in [3.8, 4) is 0 Å². The standard InChI is InChI=1S/C14H20N6O/c1-9-7-11(15)20(18-9)8-12(21)17-13(10-3-4-10)14-16-5-6-19(14)2/h5-7,10,13H,3-4,8,15H2,1-2H3,(H,17,21)/t13-/m0/s1. The van der Waals surface area contributed by atoms with Gasteiger partial charge in [0.05, 0.1) is 11.7 Å². The molecule has 0 saturated heterocycles. The molecule has 0 unspecified atom stereocenters. The molecular weight excluding hydrogens is 268 g/mol. The molecule has 1 atom stereocenters. The van der Waals surface area contributed by atoms with Crippen LogP contribution in [0, 0.1) is 12.8 Å². The molecular formula is C14H20N6O. The summed E-state index contributed by atoms with van der Waals surface area (Å²) in [5, 5.41) is 7.28. The highest BCUT2D eigenvalue weighted by Crippen LogP contribution is 2.40. The van der Waals surface area contributed by atoms with Crippen LogP contribution in [0.4, 0.5) is 5.82 Å². The zero-order valence-electron chi connectivity index (χ0n) is 12.3. The Kier molecular flexibility index (Phi) is 3.40. The number of carbonyl (C=O) groups excluding carboxylic acids is 1. The molecule has 0 radical (unpaired) electrons. The predicted molar refractivity (Wildman–Crippen MR) is 78.2 cm³/mol. The number of anilines is 1. The van der Waals surface area contributed by atoms with Gasteiger partial charge in [0.1, 0.15) is 18.2 Å². The highest BCUT2D eigenvalue weighted by Gasteiger charge is 2.35. The normalized spacial score (nSPS) is 15.9. The van der Waals surface area contributed by atoms with Crippen molar-refractivity contribution < 1.29 is 4.79 Å². The van der Waals surface area contributed by atoms with Gasteiger partial charge < -0.3 is 15.6 Å². The van der Waals surface area contributed by atoms with Crippen LogP contribution in [0.1, 0.15) is 30.4 Å². The van der Waals surface area contributed by atoms with Gasteiger partial charge in [0.2, 0.25) is 5.91 Å². The molecule has 1 saturated carbocycles. The summed E-state index contributed by atoms with van der Waals surface area (Å²) in [5.74, 6) is 1.79. The topological polar surface area (TPSA) is 90.8 Å². The van der Waals surface area contributed by atoms with Gasteiger partial charge in [-0.15, -0.1) is 0 Å². The largest absolute Gasteiger partial charge is 0.384 e. The Morgan fingerprint density at radius 3 is 2.86 bits per heavy atom. The van der Waals surface area contributed by atoms with Gasteiger partial charge in [-0.2, -0.15) is 5.10 Å². The molecule has 3 rings (SSSR count). The molecule has 7 heteroatoms. The number of amides is 1. The van der Waals surface area contributed by atoms with Gasteiger partial charge in [-0.3, -0.25) is 4.79 Å². The van der Waals surface area contributed by atoms with Crippen LogP contribution in [0.3, 0.4) is 0 Å². The van der Waals surface area contributed by atoms with Crippen LogP contribution in [0.2, 0.25) is 0 Å². The van der Waals surface area contributed by atoms with E-state index in [9.17, 15) is 4.79 Å². The molecule has 1 amide bonds. The smallest absolute Gasteiger partial charge is 0.242 e. The van der Waals surface area contributed by atoms with Crippen LogP contribution >= 0.6 is 0 Å². The van der Waals surface area contributed by atoms with Gasteiger partial charge in [-0.1, -0.05) is 0 Å². The highest BCUT2D eigenvalue weighted by molar-refractivity contribution is 5.76. The molecule has 2 aromatic rings. The van der Waals surface area contributed by atoms with E-state index in [4.69, 9.17) is 5.73 Å². The number of imidazole rings is 1. The third-order valence-corrected chi connectivity index (χ3v) is 3.77. The molecule has 0 spiro atoms. The number of nitrogens with zero attached hydrogens (tertiary/aromatic N) is 4. The summed E-state index contributed by atoms with van der Waals surface area (Å²) in [4.78, 5) is 16.6. The van der Waals surface area contributed by atoms with Crippen LogP contribution in [0.25, 0.3) is 0 Å². The van der Waals surface area contributed by atoms with Crippen molar-refractivity contribution in [2.24, 2.45) is 13.0 Å². The molecule has 0 aromatic carbocycles. The van der Waals surface area contributed by atoms with Gasteiger partial charge in [0.15, 0.2) is 0 Å². The molecule has 7 nitrogen and oxygen atoms in total. The number of hydrogen-bond acceptors (Lipinski definition) is 4. The zero-order valence-corrected chi connectivity index (χ0v) is 12.3. The van der Waals surface area contributed by atoms with Crippen molar-refractivity contribution in [1.29, 1.82) is 0 Å². The van der Waals surface area contributed by atoms with E-state index in [1.165, 1.54) is 4.68 Å². The first-order valence-electron chi connectivity index (χ1n) is 7.11. The molecule has 0 aliphatic heterocycles. The average molecular weight is 288 g/mol. The quantitative estimate of drug-likeness (QED) is 0.850. The van der Waals surface area contributed by atoms with Crippen LogP contribution in [0.15, 0.2) is 18.5 Å². The summed E-state index contributed by atoms with van der Waals surface area (Å²) >= 11 is 0. The Morgan fingerprint density at radius 2 is 2.33 bits per heavy atom. The van der Waals surface area contributed by atoms with Gasteiger partial charge in [0, 0.05) is 25.5 Å². The molecule has 0 bridgehead atoms. The van der Waals surface area contributed by atoms with E-state index in [2.05, 4.69) is 15.4 Å². The lowest BCUT2D eigenvalue weighted by Gasteiger charge is -2.18. The van der Waals surface area contributed by atoms with Crippen LogP contribution in [-0.4, -0.2) is 25.2 Å². The summed E-state index contributed by atoms with van der Waals surface area (Å²) < 4.78 is 3.47. The number of nitrogens with one attached hydrogen (secondary N) is 1. The Labute approximate surface area is 123 Å². The first-order chi connectivity index (χ1) is 10.0. The molecule has 2 heterocycles. The Bertz CT molecular complexity index is 654. The van der Waals surface area contributed by atoms with Crippen molar-refractivity contribution in [2.45, 2.75) is 32.4 Å². The highest BCUT2D eigenvalue weighted by atomic mass is 16.2. The number of hydrogen-bond donors (Lipinski definition) is 2. The first kappa shape index (κ1) is 13.7. The summed E-state index contributed by atoms with van der Waals surface area (Å²) in [7, 11) is 1.94. The van der Waals surface area contributed by atoms with E-state index < -0.39 is 0 Å². The van der Waals surface area contributed by atoms with Crippen molar-refractivity contribution in [2.75, 3.05) is 5.73 Å². The first-order valence-corrected chi connectivity index (χ1v) is 7.11. The number of rotatable bonds is 5. The van der Waals surface area contributed by atoms with Crippen molar-refractivity contribution >= 4 is 11.7 Å². The fourth-order valence-corrected chi connectivity index (χ4v) is 2.55. The predicted octanol–water partition coefficient (Wildman–Crippen LogP) is 0.775. The average Bonchev–Trinajstić information content (AvgIpc) is 3.10. The SMILES string of the molecule is Cc1cc(N)n(CC(=O)N[C@H](c2nccn2C)C2CC2)n1. The van der Waals surface area contributed by atoms with Gasteiger partial charge in [0.25, 0.3) is 0 Å². The van der Waals surface area contributed by atoms with Crippen LogP contribution in [0.5, 0.6) is 0 Å². The monoisotopic (exact) mass is 288 g/mol. The number of aryl methyl sites for hydroxylation is 2. The maximum absolute atomic E-state index is 12.3. The van der Waals surface area contributed by atoms with E-state index in [1.807, 2.05) is 24.7 Å². The molecule has 1 aliphatic carbocycles. The van der Waals surface area contributed by atoms with Crippen molar-refractivity contribution in [3.05, 3.63) is 30.0 Å². The third-order valence-electron chi connectivity index (χ3n) is 3.77. The van der Waals surface area contributed by atoms with E-state index in [1.54, 1.807) is 12.3 Å². The minimum atomic E-state index is -0.0929. The van der Waals surface area contributed by atoms with Crippen LogP contribution < -0.4 is 11.1 Å². The number of carbonyl (C=O) groups is 1. The van der Waals surface area contributed by atoms with E-state index in [0.717, 1.165) is 24.4 Å². The maximum Gasteiger partial charge on any atom is 0.242 e. The number of aromatic nitrogens is 4. The second-order valence-corrected chi connectivity index (χ2v) is 5.65. The lowest BCUT2D eigenvalue weighted by atomic mass is 10.1. The van der Waals surface area contributed by atoms with Crippen LogP contribution in [-0.2, 0) is 18.4 Å². The fraction of sp³-hybridized carbons (Fsp3) is 0.500. The second kappa shape index (κ2) is 5.23. The second-order valence-electron chi connectivity index (χ2n) is 5.65. The lowest BCUT2D eigenvalue weighted by molar-refractivity contribution is -0.122. The summed E-state index contributed by atoms with van der Waals surface area (Å²) in [6.07, 6.45) is 5.90. The minimum absolute atomic E-state index is 0.0321. The Morgan fingerprint density at radius 1 is 1.57 bits per heavy atom. The molecule has 1 fully saturated rings.